The Morgan fingerprint density at radius 2 is 2.33 bits per heavy atom. The monoisotopic (exact) mass is 275 g/mol. The number of aliphatic hydroxyl groups excluding tert-OH is 2. The lowest BCUT2D eigenvalue weighted by Crippen LogP contribution is -2.33. The second-order valence-corrected chi connectivity index (χ2v) is 5.54. The fourth-order valence-corrected chi connectivity index (χ4v) is 3.19. The molecule has 2 heterocycles. The van der Waals surface area contributed by atoms with Gasteiger partial charge in [0.25, 0.3) is 0 Å². The number of nitrogens with two attached hydrogens (primary N) is 1. The molecule has 0 unspecified atom stereocenters. The fraction of sp³-hybridized carbons (Fsp3) is 0.600. The van der Waals surface area contributed by atoms with E-state index in [9.17, 15) is 14.3 Å². The molecular formula is C10H14FN3O3S. The summed E-state index contributed by atoms with van der Waals surface area (Å²) in [7, 11) is 0. The Kier molecular flexibility index (Phi) is 3.60. The van der Waals surface area contributed by atoms with Crippen LogP contribution in [0.3, 0.4) is 0 Å². The van der Waals surface area contributed by atoms with Crippen molar-refractivity contribution in [3.05, 3.63) is 22.2 Å². The van der Waals surface area contributed by atoms with Crippen LogP contribution in [0.4, 0.5) is 10.2 Å². The third-order valence-electron chi connectivity index (χ3n) is 2.92. The molecule has 8 heteroatoms. The lowest BCUT2D eigenvalue weighted by molar-refractivity contribution is 0.0631. The van der Waals surface area contributed by atoms with Crippen LogP contribution in [-0.4, -0.2) is 43.9 Å². The van der Waals surface area contributed by atoms with Gasteiger partial charge in [0, 0.05) is 11.8 Å². The average molecular weight is 275 g/mol. The van der Waals surface area contributed by atoms with E-state index in [-0.39, 0.29) is 12.4 Å². The maximum absolute atomic E-state index is 13.9. The smallest absolute Gasteiger partial charge is 0.350 e. The van der Waals surface area contributed by atoms with E-state index in [0.717, 1.165) is 16.3 Å². The highest BCUT2D eigenvalue weighted by molar-refractivity contribution is 8.00. The number of hydrogen-bond acceptors (Lipinski definition) is 6. The van der Waals surface area contributed by atoms with Gasteiger partial charge in [0.2, 0.25) is 0 Å². The summed E-state index contributed by atoms with van der Waals surface area (Å²) in [5.41, 5.74) is 5.39. The van der Waals surface area contributed by atoms with Gasteiger partial charge in [-0.1, -0.05) is 0 Å². The Labute approximate surface area is 107 Å². The number of aromatic nitrogens is 2. The minimum atomic E-state index is -1.63. The van der Waals surface area contributed by atoms with E-state index in [1.807, 2.05) is 0 Å². The highest BCUT2D eigenvalue weighted by Gasteiger charge is 2.44. The van der Waals surface area contributed by atoms with Crippen molar-refractivity contribution in [2.75, 3.05) is 12.3 Å². The van der Waals surface area contributed by atoms with Crippen molar-refractivity contribution in [1.29, 1.82) is 0 Å². The number of aliphatic hydroxyl groups is 2. The molecule has 6 nitrogen and oxygen atoms in total. The van der Waals surface area contributed by atoms with Gasteiger partial charge < -0.3 is 15.9 Å². The van der Waals surface area contributed by atoms with Crippen molar-refractivity contribution in [2.45, 2.75) is 29.8 Å². The van der Waals surface area contributed by atoms with E-state index in [2.05, 4.69) is 4.98 Å². The topological polar surface area (TPSA) is 101 Å². The highest BCUT2D eigenvalue weighted by Crippen LogP contribution is 2.42. The summed E-state index contributed by atoms with van der Waals surface area (Å²) in [5.74, 6) is 0.105. The van der Waals surface area contributed by atoms with Crippen molar-refractivity contribution < 1.29 is 14.6 Å². The molecule has 2 rings (SSSR count). The van der Waals surface area contributed by atoms with Gasteiger partial charge in [-0.15, -0.1) is 11.8 Å². The summed E-state index contributed by atoms with van der Waals surface area (Å²) in [5, 5.41) is 17.1. The first kappa shape index (κ1) is 13.3. The van der Waals surface area contributed by atoms with Gasteiger partial charge in [-0.25, -0.2) is 9.18 Å². The molecule has 1 aliphatic heterocycles. The molecule has 0 spiro atoms. The normalized spacial score (nSPS) is 31.8. The van der Waals surface area contributed by atoms with Crippen LogP contribution in [0.25, 0.3) is 0 Å². The Bertz CT molecular complexity index is 510. The summed E-state index contributed by atoms with van der Waals surface area (Å²) in [6.07, 6.45) is -1.51. The van der Waals surface area contributed by atoms with E-state index in [0.29, 0.717) is 5.56 Å². The van der Waals surface area contributed by atoms with Crippen LogP contribution >= 0.6 is 11.8 Å². The predicted molar refractivity (Wildman–Crippen MR) is 66.1 cm³/mol. The molecule has 1 aromatic heterocycles. The number of rotatable bonds is 2. The highest BCUT2D eigenvalue weighted by atomic mass is 32.2. The maximum atomic E-state index is 13.9. The first-order valence-electron chi connectivity index (χ1n) is 5.39. The minimum Gasteiger partial charge on any atom is -0.395 e. The molecule has 1 fully saturated rings. The molecule has 0 aliphatic carbocycles. The van der Waals surface area contributed by atoms with Crippen molar-refractivity contribution >= 4 is 17.6 Å². The maximum Gasteiger partial charge on any atom is 0.350 e. The van der Waals surface area contributed by atoms with Gasteiger partial charge in [-0.2, -0.15) is 4.98 Å². The largest absolute Gasteiger partial charge is 0.395 e. The zero-order valence-corrected chi connectivity index (χ0v) is 10.5. The Morgan fingerprint density at radius 3 is 2.89 bits per heavy atom. The van der Waals surface area contributed by atoms with Crippen molar-refractivity contribution in [2.24, 2.45) is 0 Å². The number of aryl methyl sites for hydroxylation is 1. The minimum absolute atomic E-state index is 0.105. The molecule has 1 saturated heterocycles. The van der Waals surface area contributed by atoms with Crippen LogP contribution in [0.2, 0.25) is 0 Å². The molecular weight excluding hydrogens is 261 g/mol. The third-order valence-corrected chi connectivity index (χ3v) is 4.47. The molecule has 4 atom stereocenters. The molecule has 1 aromatic rings. The first-order chi connectivity index (χ1) is 8.45. The number of anilines is 1. The zero-order chi connectivity index (χ0) is 13.4. The van der Waals surface area contributed by atoms with E-state index < -0.39 is 28.6 Å². The van der Waals surface area contributed by atoms with Crippen LogP contribution in [-0.2, 0) is 0 Å². The summed E-state index contributed by atoms with van der Waals surface area (Å²) in [4.78, 5) is 15.3. The number of halogens is 1. The van der Waals surface area contributed by atoms with E-state index in [1.165, 1.54) is 6.20 Å². The standard InChI is InChI=1S/C10H14FN3O3S/c1-4-2-14(10(17)13-8(4)12)9-6(11)7(16)5(3-15)18-9/h2,5-7,9,15-16H,3H2,1H3,(H2,12,13,17)/t5-,6-,7-,9-/m1/s1. The quantitative estimate of drug-likeness (QED) is 0.669. The van der Waals surface area contributed by atoms with Gasteiger partial charge in [0.15, 0.2) is 6.17 Å². The Hall–Kier alpha value is -1.12. The van der Waals surface area contributed by atoms with Gasteiger partial charge >= 0.3 is 5.69 Å². The Morgan fingerprint density at radius 1 is 1.67 bits per heavy atom. The summed E-state index contributed by atoms with van der Waals surface area (Å²) >= 11 is 1.02. The molecule has 0 bridgehead atoms. The van der Waals surface area contributed by atoms with Crippen LogP contribution in [0, 0.1) is 6.92 Å². The fourth-order valence-electron chi connectivity index (χ4n) is 1.84. The first-order valence-corrected chi connectivity index (χ1v) is 6.33. The lowest BCUT2D eigenvalue weighted by Gasteiger charge is -2.16. The number of nitrogen functional groups attached to an aromatic ring is 1. The summed E-state index contributed by atoms with van der Waals surface area (Å²) in [6, 6.07) is 0. The SMILES string of the molecule is Cc1cn([C@@H]2S[C@H](CO)[C@@H](O)[C@H]2F)c(=O)nc1N. The predicted octanol–water partition coefficient (Wildman–Crippen LogP) is -0.561. The van der Waals surface area contributed by atoms with Gasteiger partial charge in [-0.3, -0.25) is 4.57 Å². The number of hydrogen-bond donors (Lipinski definition) is 3. The van der Waals surface area contributed by atoms with E-state index in [1.54, 1.807) is 6.92 Å². The van der Waals surface area contributed by atoms with Gasteiger partial charge in [-0.05, 0) is 6.92 Å². The van der Waals surface area contributed by atoms with Gasteiger partial charge in [0.05, 0.1) is 11.9 Å². The van der Waals surface area contributed by atoms with Crippen LogP contribution in [0.1, 0.15) is 10.9 Å². The van der Waals surface area contributed by atoms with Crippen molar-refractivity contribution in [1.82, 2.24) is 9.55 Å². The molecule has 0 radical (unpaired) electrons. The zero-order valence-electron chi connectivity index (χ0n) is 9.65. The lowest BCUT2D eigenvalue weighted by atomic mass is 10.1. The molecule has 1 aliphatic rings. The second kappa shape index (κ2) is 4.87. The van der Waals surface area contributed by atoms with Crippen molar-refractivity contribution in [3.63, 3.8) is 0 Å². The Balaban J connectivity index is 2.39. The average Bonchev–Trinajstić information content (AvgIpc) is 2.61. The van der Waals surface area contributed by atoms with E-state index >= 15 is 0 Å². The van der Waals surface area contributed by atoms with Gasteiger partial charge in [0.1, 0.15) is 17.3 Å². The number of alkyl halides is 1. The van der Waals surface area contributed by atoms with Crippen LogP contribution in [0.5, 0.6) is 0 Å². The van der Waals surface area contributed by atoms with Crippen LogP contribution < -0.4 is 11.4 Å². The molecule has 0 aromatic carbocycles. The molecule has 18 heavy (non-hydrogen) atoms. The van der Waals surface area contributed by atoms with Crippen molar-refractivity contribution in [3.8, 4) is 0 Å². The molecule has 4 N–H and O–H groups in total. The number of thioether (sulfide) groups is 1. The third kappa shape index (κ3) is 2.11. The second-order valence-electron chi connectivity index (χ2n) is 4.18. The number of nitrogens with zero attached hydrogens (tertiary/aromatic N) is 2. The summed E-state index contributed by atoms with van der Waals surface area (Å²) in [6.45, 7) is 1.31. The van der Waals surface area contributed by atoms with Crippen LogP contribution in [0.15, 0.2) is 11.0 Å². The summed E-state index contributed by atoms with van der Waals surface area (Å²) < 4.78 is 15.0. The van der Waals surface area contributed by atoms with E-state index in [4.69, 9.17) is 10.8 Å². The molecule has 100 valence electrons. The molecule has 0 amide bonds. The molecule has 0 saturated carbocycles.